The van der Waals surface area contributed by atoms with Crippen LogP contribution in [-0.2, 0) is 9.53 Å². The highest BCUT2D eigenvalue weighted by Crippen LogP contribution is 2.27. The molecule has 0 aliphatic rings. The Morgan fingerprint density at radius 1 is 1.40 bits per heavy atom. The smallest absolute Gasteiger partial charge is 0.323 e. The largest absolute Gasteiger partial charge is 0.468 e. The maximum absolute atomic E-state index is 11.5. The number of hydrogen-bond acceptors (Lipinski definition) is 3. The van der Waals surface area contributed by atoms with Gasteiger partial charge in [-0.05, 0) is 19.1 Å². The van der Waals surface area contributed by atoms with Crippen molar-refractivity contribution in [1.29, 1.82) is 0 Å². The second-order valence-corrected chi connectivity index (χ2v) is 4.36. The van der Waals surface area contributed by atoms with Crippen molar-refractivity contribution in [2.45, 2.75) is 17.1 Å². The lowest BCUT2D eigenvalue weighted by molar-refractivity contribution is -0.139. The quantitative estimate of drug-likeness (QED) is 0.445. The molecule has 1 aromatic carbocycles. The van der Waals surface area contributed by atoms with E-state index in [0.717, 1.165) is 10.5 Å². The summed E-state index contributed by atoms with van der Waals surface area (Å²) in [6, 6.07) is 9.75. The van der Waals surface area contributed by atoms with Gasteiger partial charge in [-0.15, -0.1) is 11.8 Å². The zero-order chi connectivity index (χ0) is 11.3. The van der Waals surface area contributed by atoms with Crippen molar-refractivity contribution in [3.8, 4) is 0 Å². The molecule has 0 radical (unpaired) electrons. The Hall–Kier alpha value is -1.22. The lowest BCUT2D eigenvalue weighted by atomic mass is 10.2. The van der Waals surface area contributed by atoms with Crippen LogP contribution in [0.2, 0.25) is 0 Å². The summed E-state index contributed by atoms with van der Waals surface area (Å²) < 4.78 is 4.73. The fourth-order valence-corrected chi connectivity index (χ4v) is 2.07. The molecule has 0 aliphatic carbocycles. The Kier molecular flexibility index (Phi) is 4.43. The third-order valence-corrected chi connectivity index (χ3v) is 3.23. The van der Waals surface area contributed by atoms with E-state index in [1.165, 1.54) is 18.9 Å². The average Bonchev–Trinajstić information content (AvgIpc) is 2.26. The monoisotopic (exact) mass is 222 g/mol. The number of carbonyl (C=O) groups is 1. The Bertz CT molecular complexity index is 346. The normalized spacial score (nSPS) is 11.9. The number of methoxy groups -OCH3 is 1. The zero-order valence-corrected chi connectivity index (χ0v) is 9.71. The van der Waals surface area contributed by atoms with Gasteiger partial charge in [0.05, 0.1) is 7.11 Å². The van der Waals surface area contributed by atoms with E-state index in [-0.39, 0.29) is 11.2 Å². The highest BCUT2D eigenvalue weighted by molar-refractivity contribution is 8.00. The number of esters is 1. The van der Waals surface area contributed by atoms with E-state index in [1.54, 1.807) is 0 Å². The van der Waals surface area contributed by atoms with Crippen LogP contribution < -0.4 is 0 Å². The molecule has 3 heteroatoms. The van der Waals surface area contributed by atoms with Crippen LogP contribution in [0.1, 0.15) is 6.92 Å². The Morgan fingerprint density at radius 2 is 2.00 bits per heavy atom. The maximum Gasteiger partial charge on any atom is 0.323 e. The molecular weight excluding hydrogens is 208 g/mol. The number of rotatable bonds is 4. The summed E-state index contributed by atoms with van der Waals surface area (Å²) >= 11 is 1.46. The highest BCUT2D eigenvalue weighted by atomic mass is 32.2. The van der Waals surface area contributed by atoms with Crippen LogP contribution in [0.3, 0.4) is 0 Å². The molecule has 0 fully saturated rings. The third-order valence-electron chi connectivity index (χ3n) is 1.86. The number of thioether (sulfide) groups is 1. The van der Waals surface area contributed by atoms with Crippen molar-refractivity contribution in [2.75, 3.05) is 7.11 Å². The minimum Gasteiger partial charge on any atom is -0.468 e. The van der Waals surface area contributed by atoms with E-state index < -0.39 is 0 Å². The Balaban J connectivity index is 2.76. The third kappa shape index (κ3) is 3.44. The molecular formula is C12H14O2S. The van der Waals surface area contributed by atoms with Crippen LogP contribution >= 0.6 is 11.8 Å². The standard InChI is InChI=1S/C12H14O2S/c1-9(2)11(12(13)14-3)15-10-7-5-4-6-8-10/h4-8,11H,1H2,2-3H3. The summed E-state index contributed by atoms with van der Waals surface area (Å²) in [6.07, 6.45) is 0. The highest BCUT2D eigenvalue weighted by Gasteiger charge is 2.20. The molecule has 0 spiro atoms. The van der Waals surface area contributed by atoms with Gasteiger partial charge in [0.25, 0.3) is 0 Å². The van der Waals surface area contributed by atoms with Gasteiger partial charge in [0.1, 0.15) is 5.25 Å². The molecule has 1 rings (SSSR count). The van der Waals surface area contributed by atoms with Crippen molar-refractivity contribution in [1.82, 2.24) is 0 Å². The minimum atomic E-state index is -0.322. The predicted molar refractivity (Wildman–Crippen MR) is 62.9 cm³/mol. The molecule has 0 heterocycles. The first-order valence-corrected chi connectivity index (χ1v) is 5.48. The summed E-state index contributed by atoms with van der Waals surface area (Å²) in [6.45, 7) is 5.63. The van der Waals surface area contributed by atoms with Gasteiger partial charge >= 0.3 is 5.97 Å². The average molecular weight is 222 g/mol. The van der Waals surface area contributed by atoms with Gasteiger partial charge in [0, 0.05) is 4.90 Å². The van der Waals surface area contributed by atoms with Gasteiger partial charge in [0.2, 0.25) is 0 Å². The number of carbonyl (C=O) groups excluding carboxylic acids is 1. The van der Waals surface area contributed by atoms with Gasteiger partial charge in [-0.2, -0.15) is 0 Å². The topological polar surface area (TPSA) is 26.3 Å². The van der Waals surface area contributed by atoms with Crippen LogP contribution in [0.15, 0.2) is 47.4 Å². The SMILES string of the molecule is C=C(C)C(Sc1ccccc1)C(=O)OC. The first-order chi connectivity index (χ1) is 7.15. The van der Waals surface area contributed by atoms with Gasteiger partial charge in [-0.25, -0.2) is 0 Å². The first-order valence-electron chi connectivity index (χ1n) is 4.60. The van der Waals surface area contributed by atoms with Crippen molar-refractivity contribution in [3.63, 3.8) is 0 Å². The fraction of sp³-hybridized carbons (Fsp3) is 0.250. The Labute approximate surface area is 94.3 Å². The molecule has 0 aromatic heterocycles. The molecule has 0 saturated carbocycles. The lowest BCUT2D eigenvalue weighted by Crippen LogP contribution is -2.19. The van der Waals surface area contributed by atoms with Crippen LogP contribution in [-0.4, -0.2) is 18.3 Å². The van der Waals surface area contributed by atoms with E-state index in [2.05, 4.69) is 6.58 Å². The molecule has 0 amide bonds. The van der Waals surface area contributed by atoms with Crippen molar-refractivity contribution < 1.29 is 9.53 Å². The van der Waals surface area contributed by atoms with Gasteiger partial charge < -0.3 is 4.74 Å². The number of ether oxygens (including phenoxy) is 1. The minimum absolute atomic E-state index is 0.253. The molecule has 1 atom stereocenters. The summed E-state index contributed by atoms with van der Waals surface area (Å²) in [5.74, 6) is -0.253. The van der Waals surface area contributed by atoms with Crippen LogP contribution in [0, 0.1) is 0 Å². The molecule has 15 heavy (non-hydrogen) atoms. The molecule has 2 nitrogen and oxygen atoms in total. The Morgan fingerprint density at radius 3 is 2.47 bits per heavy atom. The molecule has 0 bridgehead atoms. The van der Waals surface area contributed by atoms with Crippen LogP contribution in [0.4, 0.5) is 0 Å². The second kappa shape index (κ2) is 5.61. The van der Waals surface area contributed by atoms with Crippen LogP contribution in [0.25, 0.3) is 0 Å². The maximum atomic E-state index is 11.5. The van der Waals surface area contributed by atoms with Crippen molar-refractivity contribution >= 4 is 17.7 Å². The second-order valence-electron chi connectivity index (χ2n) is 3.18. The van der Waals surface area contributed by atoms with Gasteiger partial charge in [-0.1, -0.05) is 30.4 Å². The zero-order valence-electron chi connectivity index (χ0n) is 8.90. The molecule has 0 N–H and O–H groups in total. The predicted octanol–water partition coefficient (Wildman–Crippen LogP) is 2.90. The van der Waals surface area contributed by atoms with Crippen molar-refractivity contribution in [2.24, 2.45) is 0 Å². The lowest BCUT2D eigenvalue weighted by Gasteiger charge is -2.13. The summed E-state index contributed by atoms with van der Waals surface area (Å²) in [5.41, 5.74) is 0.802. The summed E-state index contributed by atoms with van der Waals surface area (Å²) in [7, 11) is 1.39. The number of benzene rings is 1. The van der Waals surface area contributed by atoms with E-state index in [9.17, 15) is 4.79 Å². The molecule has 0 aliphatic heterocycles. The summed E-state index contributed by atoms with van der Waals surface area (Å²) in [4.78, 5) is 12.5. The molecule has 80 valence electrons. The van der Waals surface area contributed by atoms with Gasteiger partial charge in [-0.3, -0.25) is 4.79 Å². The van der Waals surface area contributed by atoms with E-state index in [4.69, 9.17) is 4.74 Å². The van der Waals surface area contributed by atoms with E-state index in [0.29, 0.717) is 0 Å². The van der Waals surface area contributed by atoms with E-state index >= 15 is 0 Å². The molecule has 1 unspecified atom stereocenters. The fourth-order valence-electron chi connectivity index (χ4n) is 1.09. The van der Waals surface area contributed by atoms with Crippen LogP contribution in [0.5, 0.6) is 0 Å². The van der Waals surface area contributed by atoms with Crippen molar-refractivity contribution in [3.05, 3.63) is 42.5 Å². The van der Waals surface area contributed by atoms with E-state index in [1.807, 2.05) is 37.3 Å². The molecule has 1 aromatic rings. The summed E-state index contributed by atoms with van der Waals surface area (Å²) in [5, 5.41) is -0.322. The molecule has 0 saturated heterocycles. The van der Waals surface area contributed by atoms with Gasteiger partial charge in [0.15, 0.2) is 0 Å². The number of hydrogen-bond donors (Lipinski definition) is 0. The first kappa shape index (κ1) is 11.9.